The number of halogens is 1. The van der Waals surface area contributed by atoms with E-state index >= 15 is 0 Å². The van der Waals surface area contributed by atoms with E-state index in [9.17, 15) is 14.0 Å². The predicted molar refractivity (Wildman–Crippen MR) is 104 cm³/mol. The molecule has 2 aromatic rings. The van der Waals surface area contributed by atoms with Gasteiger partial charge in [-0.05, 0) is 61.4 Å². The molecule has 0 aliphatic carbocycles. The second-order valence-corrected chi connectivity index (χ2v) is 6.99. The average molecular weight is 369 g/mol. The molecule has 1 N–H and O–H groups in total. The van der Waals surface area contributed by atoms with Gasteiger partial charge in [0.2, 0.25) is 0 Å². The normalized spacial score (nSPS) is 14.7. The molecule has 2 aromatic carbocycles. The molecule has 6 heteroatoms. The Bertz CT molecular complexity index is 795. The average Bonchev–Trinajstić information content (AvgIpc) is 2.68. The van der Waals surface area contributed by atoms with Gasteiger partial charge in [0.1, 0.15) is 5.82 Å². The number of amides is 2. The SMILES string of the molecule is CN(C)c1ccc(C(=O)N2CCC(NC(=O)c3ccc(F)cc3)CC2)cc1. The number of carbonyl (C=O) groups excluding carboxylic acids is 2. The molecule has 0 atom stereocenters. The van der Waals surface area contributed by atoms with Crippen molar-refractivity contribution < 1.29 is 14.0 Å². The molecule has 0 aromatic heterocycles. The third-order valence-corrected chi connectivity index (χ3v) is 4.85. The summed E-state index contributed by atoms with van der Waals surface area (Å²) in [6, 6.07) is 13.1. The van der Waals surface area contributed by atoms with E-state index in [4.69, 9.17) is 0 Å². The van der Waals surface area contributed by atoms with Gasteiger partial charge in [0.15, 0.2) is 0 Å². The van der Waals surface area contributed by atoms with Crippen LogP contribution in [0.15, 0.2) is 48.5 Å². The van der Waals surface area contributed by atoms with E-state index in [0.717, 1.165) is 5.69 Å². The smallest absolute Gasteiger partial charge is 0.253 e. The summed E-state index contributed by atoms with van der Waals surface area (Å²) in [6.07, 6.45) is 1.41. The van der Waals surface area contributed by atoms with Crippen molar-refractivity contribution in [3.63, 3.8) is 0 Å². The Morgan fingerprint density at radius 1 is 0.963 bits per heavy atom. The monoisotopic (exact) mass is 369 g/mol. The van der Waals surface area contributed by atoms with E-state index in [0.29, 0.717) is 37.1 Å². The van der Waals surface area contributed by atoms with Crippen LogP contribution in [0.2, 0.25) is 0 Å². The number of nitrogens with one attached hydrogen (secondary N) is 1. The van der Waals surface area contributed by atoms with Crippen molar-refractivity contribution in [3.05, 3.63) is 65.5 Å². The van der Waals surface area contributed by atoms with Crippen LogP contribution < -0.4 is 10.2 Å². The molecule has 3 rings (SSSR count). The van der Waals surface area contributed by atoms with Crippen LogP contribution in [0.1, 0.15) is 33.6 Å². The van der Waals surface area contributed by atoms with Crippen molar-refractivity contribution in [2.75, 3.05) is 32.1 Å². The highest BCUT2D eigenvalue weighted by Gasteiger charge is 2.25. The van der Waals surface area contributed by atoms with Gasteiger partial charge >= 0.3 is 0 Å². The maximum Gasteiger partial charge on any atom is 0.253 e. The van der Waals surface area contributed by atoms with E-state index in [1.165, 1.54) is 24.3 Å². The number of carbonyl (C=O) groups is 2. The van der Waals surface area contributed by atoms with Crippen LogP contribution in [0.25, 0.3) is 0 Å². The molecule has 0 radical (unpaired) electrons. The van der Waals surface area contributed by atoms with Crippen molar-refractivity contribution in [1.29, 1.82) is 0 Å². The lowest BCUT2D eigenvalue weighted by Gasteiger charge is -2.32. The zero-order valence-electron chi connectivity index (χ0n) is 15.6. The molecular formula is C21H24FN3O2. The van der Waals surface area contributed by atoms with Gasteiger partial charge in [-0.2, -0.15) is 0 Å². The third-order valence-electron chi connectivity index (χ3n) is 4.85. The first-order chi connectivity index (χ1) is 12.9. The van der Waals surface area contributed by atoms with Crippen LogP contribution in [-0.2, 0) is 0 Å². The van der Waals surface area contributed by atoms with Gasteiger partial charge in [0.25, 0.3) is 11.8 Å². The summed E-state index contributed by atoms with van der Waals surface area (Å²) in [7, 11) is 3.92. The van der Waals surface area contributed by atoms with Gasteiger partial charge in [-0.25, -0.2) is 4.39 Å². The first kappa shape index (κ1) is 18.9. The van der Waals surface area contributed by atoms with Crippen LogP contribution in [0.3, 0.4) is 0 Å². The molecule has 27 heavy (non-hydrogen) atoms. The minimum absolute atomic E-state index is 0.0164. The molecule has 5 nitrogen and oxygen atoms in total. The quantitative estimate of drug-likeness (QED) is 0.902. The summed E-state index contributed by atoms with van der Waals surface area (Å²) in [5.74, 6) is -0.556. The lowest BCUT2D eigenvalue weighted by molar-refractivity contribution is 0.0698. The van der Waals surface area contributed by atoms with Crippen molar-refractivity contribution in [2.24, 2.45) is 0 Å². The second kappa shape index (κ2) is 8.20. The summed E-state index contributed by atoms with van der Waals surface area (Å²) in [6.45, 7) is 1.20. The van der Waals surface area contributed by atoms with Gasteiger partial charge in [0.05, 0.1) is 0 Å². The van der Waals surface area contributed by atoms with Gasteiger partial charge < -0.3 is 15.1 Å². The number of likely N-dealkylation sites (tertiary alicyclic amines) is 1. The maximum absolute atomic E-state index is 13.0. The number of piperidine rings is 1. The second-order valence-electron chi connectivity index (χ2n) is 6.99. The van der Waals surface area contributed by atoms with Crippen molar-refractivity contribution in [3.8, 4) is 0 Å². The maximum atomic E-state index is 13.0. The first-order valence-electron chi connectivity index (χ1n) is 9.07. The lowest BCUT2D eigenvalue weighted by Crippen LogP contribution is -2.46. The molecule has 1 aliphatic rings. The molecule has 0 saturated carbocycles. The Labute approximate surface area is 158 Å². The van der Waals surface area contributed by atoms with Crippen molar-refractivity contribution >= 4 is 17.5 Å². The zero-order valence-corrected chi connectivity index (χ0v) is 15.6. The number of rotatable bonds is 4. The number of hydrogen-bond donors (Lipinski definition) is 1. The number of nitrogens with zero attached hydrogens (tertiary/aromatic N) is 2. The Hall–Kier alpha value is -2.89. The Morgan fingerprint density at radius 2 is 1.52 bits per heavy atom. The van der Waals surface area contributed by atoms with Crippen LogP contribution in [0.4, 0.5) is 10.1 Å². The number of anilines is 1. The van der Waals surface area contributed by atoms with Gasteiger partial charge in [-0.1, -0.05) is 0 Å². The van der Waals surface area contributed by atoms with E-state index in [-0.39, 0.29) is 23.7 Å². The molecular weight excluding hydrogens is 345 g/mol. The summed E-state index contributed by atoms with van der Waals surface area (Å²) < 4.78 is 13.0. The van der Waals surface area contributed by atoms with E-state index in [2.05, 4.69) is 5.32 Å². The number of hydrogen-bond acceptors (Lipinski definition) is 3. The summed E-state index contributed by atoms with van der Waals surface area (Å²) >= 11 is 0. The van der Waals surface area contributed by atoms with Gasteiger partial charge in [-0.15, -0.1) is 0 Å². The van der Waals surface area contributed by atoms with Gasteiger partial charge in [0, 0.05) is 50.0 Å². The highest BCUT2D eigenvalue weighted by Crippen LogP contribution is 2.17. The van der Waals surface area contributed by atoms with E-state index < -0.39 is 0 Å². The standard InChI is InChI=1S/C21H24FN3O2/c1-24(2)19-9-5-16(6-10-19)21(27)25-13-11-18(12-14-25)23-20(26)15-3-7-17(22)8-4-15/h3-10,18H,11-14H2,1-2H3,(H,23,26). The predicted octanol–water partition coefficient (Wildman–Crippen LogP) is 2.93. The Kier molecular flexibility index (Phi) is 5.74. The molecule has 1 saturated heterocycles. The Balaban J connectivity index is 1.53. The largest absolute Gasteiger partial charge is 0.378 e. The summed E-state index contributed by atoms with van der Waals surface area (Å²) in [5.41, 5.74) is 2.17. The minimum atomic E-state index is -0.364. The third kappa shape index (κ3) is 4.64. The Morgan fingerprint density at radius 3 is 2.07 bits per heavy atom. The molecule has 142 valence electrons. The molecule has 1 aliphatic heterocycles. The van der Waals surface area contributed by atoms with Crippen molar-refractivity contribution in [1.82, 2.24) is 10.2 Å². The van der Waals surface area contributed by atoms with E-state index in [1.54, 1.807) is 0 Å². The fraction of sp³-hybridized carbons (Fsp3) is 0.333. The molecule has 1 heterocycles. The van der Waals surface area contributed by atoms with Crippen LogP contribution in [0.5, 0.6) is 0 Å². The van der Waals surface area contributed by atoms with Gasteiger partial charge in [-0.3, -0.25) is 9.59 Å². The van der Waals surface area contributed by atoms with E-state index in [1.807, 2.05) is 48.2 Å². The lowest BCUT2D eigenvalue weighted by atomic mass is 10.0. The molecule has 0 spiro atoms. The van der Waals surface area contributed by atoms with Crippen molar-refractivity contribution in [2.45, 2.75) is 18.9 Å². The fourth-order valence-electron chi connectivity index (χ4n) is 3.18. The van der Waals surface area contributed by atoms with Crippen LogP contribution >= 0.6 is 0 Å². The zero-order chi connectivity index (χ0) is 19.4. The number of benzene rings is 2. The molecule has 0 bridgehead atoms. The molecule has 2 amide bonds. The highest BCUT2D eigenvalue weighted by molar-refractivity contribution is 5.95. The topological polar surface area (TPSA) is 52.7 Å². The van der Waals surface area contributed by atoms with Crippen LogP contribution in [0, 0.1) is 5.82 Å². The summed E-state index contributed by atoms with van der Waals surface area (Å²) in [5, 5.41) is 2.97. The molecule has 1 fully saturated rings. The minimum Gasteiger partial charge on any atom is -0.378 e. The summed E-state index contributed by atoms with van der Waals surface area (Å²) in [4.78, 5) is 28.7. The molecule has 0 unspecified atom stereocenters. The highest BCUT2D eigenvalue weighted by atomic mass is 19.1. The fourth-order valence-corrected chi connectivity index (χ4v) is 3.18. The van der Waals surface area contributed by atoms with Crippen LogP contribution in [-0.4, -0.2) is 49.9 Å². The first-order valence-corrected chi connectivity index (χ1v) is 9.07.